The van der Waals surface area contributed by atoms with Crippen molar-refractivity contribution in [2.45, 2.75) is 58.4 Å². The second-order valence-corrected chi connectivity index (χ2v) is 10.1. The van der Waals surface area contributed by atoms with Crippen molar-refractivity contribution in [3.63, 3.8) is 0 Å². The number of benzene rings is 2. The predicted molar refractivity (Wildman–Crippen MR) is 148 cm³/mol. The molecule has 8 nitrogen and oxygen atoms in total. The number of pyridine rings is 1. The normalized spacial score (nSPS) is 15.2. The molecule has 198 valence electrons. The van der Waals surface area contributed by atoms with Crippen molar-refractivity contribution >= 4 is 29.3 Å². The Morgan fingerprint density at radius 2 is 1.55 bits per heavy atom. The summed E-state index contributed by atoms with van der Waals surface area (Å²) in [4.78, 5) is 43.1. The highest BCUT2D eigenvalue weighted by molar-refractivity contribution is 6.08. The maximum absolute atomic E-state index is 13.6. The van der Waals surface area contributed by atoms with Crippen LogP contribution in [0, 0.1) is 19.8 Å². The van der Waals surface area contributed by atoms with Crippen LogP contribution in [-0.4, -0.2) is 33.5 Å². The Kier molecular flexibility index (Phi) is 8.10. The lowest BCUT2D eigenvalue weighted by molar-refractivity contribution is -0.146. The van der Waals surface area contributed by atoms with Crippen molar-refractivity contribution in [3.8, 4) is 11.1 Å². The molecular formula is C30H34N4O4. The Bertz CT molecular complexity index is 1320. The Morgan fingerprint density at radius 1 is 0.895 bits per heavy atom. The summed E-state index contributed by atoms with van der Waals surface area (Å²) >= 11 is 0. The number of para-hydroxylation sites is 1. The largest absolute Gasteiger partial charge is 0.480 e. The minimum atomic E-state index is -1.42. The number of carboxylic acids is 1. The van der Waals surface area contributed by atoms with E-state index < -0.39 is 23.4 Å². The first-order valence-corrected chi connectivity index (χ1v) is 12.9. The molecule has 0 spiro atoms. The van der Waals surface area contributed by atoms with Crippen molar-refractivity contribution in [3.05, 3.63) is 77.6 Å². The molecule has 3 aromatic rings. The minimum Gasteiger partial charge on any atom is -0.480 e. The summed E-state index contributed by atoms with van der Waals surface area (Å²) in [7, 11) is 0. The van der Waals surface area contributed by atoms with Gasteiger partial charge in [-0.25, -0.2) is 9.59 Å². The molecule has 4 rings (SSSR count). The van der Waals surface area contributed by atoms with Gasteiger partial charge >= 0.3 is 12.0 Å². The number of urea groups is 1. The monoisotopic (exact) mass is 514 g/mol. The van der Waals surface area contributed by atoms with Gasteiger partial charge in [0.05, 0.1) is 11.3 Å². The Morgan fingerprint density at radius 3 is 2.18 bits per heavy atom. The number of carboxylic acid groups (broad SMARTS) is 1. The number of aromatic nitrogens is 1. The first-order chi connectivity index (χ1) is 18.2. The van der Waals surface area contributed by atoms with Gasteiger partial charge in [0.25, 0.3) is 5.91 Å². The van der Waals surface area contributed by atoms with Crippen LogP contribution < -0.4 is 16.0 Å². The van der Waals surface area contributed by atoms with Crippen LogP contribution in [-0.2, 0) is 4.79 Å². The lowest BCUT2D eigenvalue weighted by atomic mass is 9.75. The number of hydrogen-bond acceptors (Lipinski definition) is 4. The van der Waals surface area contributed by atoms with Crippen molar-refractivity contribution in [1.29, 1.82) is 0 Å². The number of nitrogens with one attached hydrogen (secondary N) is 3. The van der Waals surface area contributed by atoms with Crippen LogP contribution in [0.25, 0.3) is 11.1 Å². The average Bonchev–Trinajstić information content (AvgIpc) is 2.91. The second kappa shape index (κ2) is 11.5. The van der Waals surface area contributed by atoms with E-state index >= 15 is 0 Å². The molecule has 1 aliphatic rings. The molecule has 38 heavy (non-hydrogen) atoms. The third kappa shape index (κ3) is 5.85. The third-order valence-corrected chi connectivity index (χ3v) is 7.48. The Labute approximate surface area is 222 Å². The zero-order valence-corrected chi connectivity index (χ0v) is 22.0. The molecule has 2 aromatic carbocycles. The Balaban J connectivity index is 1.66. The number of carbonyl (C=O) groups is 3. The molecule has 0 bridgehead atoms. The van der Waals surface area contributed by atoms with Gasteiger partial charge in [0.15, 0.2) is 0 Å². The van der Waals surface area contributed by atoms with Crippen LogP contribution in [0.2, 0.25) is 0 Å². The van der Waals surface area contributed by atoms with Crippen molar-refractivity contribution in [1.82, 2.24) is 10.3 Å². The van der Waals surface area contributed by atoms with Gasteiger partial charge in [-0.1, -0.05) is 43.5 Å². The van der Waals surface area contributed by atoms with Crippen LogP contribution in [0.3, 0.4) is 0 Å². The van der Waals surface area contributed by atoms with Crippen LogP contribution in [0.4, 0.5) is 16.2 Å². The van der Waals surface area contributed by atoms with Gasteiger partial charge in [-0.15, -0.1) is 0 Å². The summed E-state index contributed by atoms with van der Waals surface area (Å²) in [6.07, 6.45) is 7.77. The van der Waals surface area contributed by atoms with E-state index in [1.165, 1.54) is 0 Å². The molecule has 1 aromatic heterocycles. The van der Waals surface area contributed by atoms with E-state index in [2.05, 4.69) is 20.9 Å². The summed E-state index contributed by atoms with van der Waals surface area (Å²) in [5, 5.41) is 18.6. The van der Waals surface area contributed by atoms with E-state index in [4.69, 9.17) is 0 Å². The molecular weight excluding hydrogens is 480 g/mol. The number of rotatable bonds is 7. The van der Waals surface area contributed by atoms with E-state index in [1.54, 1.807) is 37.5 Å². The first-order valence-electron chi connectivity index (χ1n) is 12.9. The van der Waals surface area contributed by atoms with E-state index in [9.17, 15) is 19.5 Å². The standard InChI is InChI=1S/C30H34N4O4/c1-19-8-7-9-20(2)26(19)33-29(38)32-25-18-22(21-14-16-31-17-15-21)12-13-24(25)27(35)34-30(3,28(36)37)23-10-5-4-6-11-23/h7-9,12-18,23H,4-6,10-11H2,1-3H3,(H,34,35)(H,36,37)(H2,32,33,38)/t30-/m0/s1. The van der Waals surface area contributed by atoms with E-state index in [1.807, 2.05) is 44.2 Å². The van der Waals surface area contributed by atoms with Gasteiger partial charge in [0.2, 0.25) is 0 Å². The van der Waals surface area contributed by atoms with Crippen LogP contribution in [0.15, 0.2) is 60.9 Å². The smallest absolute Gasteiger partial charge is 0.329 e. The number of hydrogen-bond donors (Lipinski definition) is 4. The quantitative estimate of drug-likeness (QED) is 0.301. The zero-order valence-electron chi connectivity index (χ0n) is 22.0. The Hall–Kier alpha value is -4.20. The maximum atomic E-state index is 13.6. The SMILES string of the molecule is Cc1cccc(C)c1NC(=O)Nc1cc(-c2ccncc2)ccc1C(=O)N[C@](C)(C(=O)O)C1CCCCC1. The number of carbonyl (C=O) groups excluding carboxylic acids is 2. The molecule has 0 unspecified atom stereocenters. The summed E-state index contributed by atoms with van der Waals surface area (Å²) in [5.74, 6) is -1.78. The van der Waals surface area contributed by atoms with Gasteiger partial charge in [0, 0.05) is 18.1 Å². The van der Waals surface area contributed by atoms with Crippen molar-refractivity contribution in [2.24, 2.45) is 5.92 Å². The highest BCUT2D eigenvalue weighted by atomic mass is 16.4. The zero-order chi connectivity index (χ0) is 27.3. The molecule has 3 amide bonds. The van der Waals surface area contributed by atoms with Crippen molar-refractivity contribution < 1.29 is 19.5 Å². The van der Waals surface area contributed by atoms with E-state index in [-0.39, 0.29) is 17.2 Å². The summed E-state index contributed by atoms with van der Waals surface area (Å²) in [6.45, 7) is 5.39. The summed E-state index contributed by atoms with van der Waals surface area (Å²) in [6, 6.07) is 14.0. The van der Waals surface area contributed by atoms with Gasteiger partial charge in [-0.3, -0.25) is 9.78 Å². The summed E-state index contributed by atoms with van der Waals surface area (Å²) < 4.78 is 0. The molecule has 0 aliphatic heterocycles. The van der Waals surface area contributed by atoms with Crippen LogP contribution >= 0.6 is 0 Å². The second-order valence-electron chi connectivity index (χ2n) is 10.1. The predicted octanol–water partition coefficient (Wildman–Crippen LogP) is 6.16. The van der Waals surface area contributed by atoms with Crippen LogP contribution in [0.1, 0.15) is 60.5 Å². The molecule has 1 aliphatic carbocycles. The number of nitrogens with zero attached hydrogens (tertiary/aromatic N) is 1. The van der Waals surface area contributed by atoms with Crippen LogP contribution in [0.5, 0.6) is 0 Å². The fraction of sp³-hybridized carbons (Fsp3) is 0.333. The molecule has 1 fully saturated rings. The molecule has 1 heterocycles. The third-order valence-electron chi connectivity index (χ3n) is 7.48. The fourth-order valence-electron chi connectivity index (χ4n) is 5.16. The highest BCUT2D eigenvalue weighted by Gasteiger charge is 2.43. The molecule has 1 saturated carbocycles. The van der Waals surface area contributed by atoms with E-state index in [0.29, 0.717) is 5.69 Å². The maximum Gasteiger partial charge on any atom is 0.329 e. The van der Waals surface area contributed by atoms with Gasteiger partial charge < -0.3 is 21.1 Å². The lowest BCUT2D eigenvalue weighted by Gasteiger charge is -2.37. The number of aryl methyl sites for hydroxylation is 2. The fourth-order valence-corrected chi connectivity index (χ4v) is 5.16. The highest BCUT2D eigenvalue weighted by Crippen LogP contribution is 2.34. The van der Waals surface area contributed by atoms with Gasteiger partial charge in [0.1, 0.15) is 5.54 Å². The minimum absolute atomic E-state index is 0.169. The van der Waals surface area contributed by atoms with Crippen molar-refractivity contribution in [2.75, 3.05) is 10.6 Å². The number of anilines is 2. The topological polar surface area (TPSA) is 120 Å². The number of amides is 3. The molecule has 4 N–H and O–H groups in total. The number of aliphatic carboxylic acids is 1. The summed E-state index contributed by atoms with van der Waals surface area (Å²) in [5.41, 5.74) is 3.19. The first kappa shape index (κ1) is 26.9. The average molecular weight is 515 g/mol. The lowest BCUT2D eigenvalue weighted by Crippen LogP contribution is -2.57. The molecule has 0 radical (unpaired) electrons. The van der Waals surface area contributed by atoms with E-state index in [0.717, 1.165) is 54.4 Å². The van der Waals surface area contributed by atoms with Gasteiger partial charge in [-0.2, -0.15) is 0 Å². The molecule has 1 atom stereocenters. The molecule has 0 saturated heterocycles. The van der Waals surface area contributed by atoms with Gasteiger partial charge in [-0.05, 0) is 86.1 Å². The molecule has 8 heteroatoms.